The lowest BCUT2D eigenvalue weighted by Gasteiger charge is -2.14. The summed E-state index contributed by atoms with van der Waals surface area (Å²) in [7, 11) is 0. The third kappa shape index (κ3) is 22.4. The number of aromatic nitrogens is 10. The van der Waals surface area contributed by atoms with Gasteiger partial charge in [0.2, 0.25) is 11.8 Å². The zero-order valence-corrected chi connectivity index (χ0v) is 63.3. The molecule has 12 heteroatoms. The Hall–Kier alpha value is -8.25. The van der Waals surface area contributed by atoms with E-state index in [1.54, 1.807) is 0 Å². The average Bonchev–Trinajstić information content (AvgIpc) is 1.71. The van der Waals surface area contributed by atoms with Crippen LogP contribution in [0.25, 0.3) is 56.3 Å². The first-order valence-electron chi connectivity index (χ1n) is 36.7. The van der Waals surface area contributed by atoms with Crippen molar-refractivity contribution in [3.05, 3.63) is 197 Å². The van der Waals surface area contributed by atoms with E-state index in [9.17, 15) is 0 Å². The van der Waals surface area contributed by atoms with Gasteiger partial charge in [0.1, 0.15) is 6.61 Å². The van der Waals surface area contributed by atoms with Crippen LogP contribution in [0.1, 0.15) is 202 Å². The average molecular weight is 1290 g/mol. The molecule has 0 aliphatic carbocycles. The first-order chi connectivity index (χ1) is 46.8. The van der Waals surface area contributed by atoms with Crippen LogP contribution in [0, 0.1) is 34.6 Å². The third-order valence-electron chi connectivity index (χ3n) is 15.4. The first kappa shape index (κ1) is 82.8. The van der Waals surface area contributed by atoms with Crippen LogP contribution in [-0.4, -0.2) is 62.1 Å². The van der Waals surface area contributed by atoms with E-state index in [2.05, 4.69) is 172 Å². The lowest BCUT2D eigenvalue weighted by atomic mass is 10.0. The van der Waals surface area contributed by atoms with Gasteiger partial charge in [-0.1, -0.05) is 276 Å². The molecule has 0 spiro atoms. The number of benzene rings is 5. The summed E-state index contributed by atoms with van der Waals surface area (Å²) in [4.78, 5) is 0. The van der Waals surface area contributed by atoms with Gasteiger partial charge in [0.05, 0.1) is 41.6 Å². The largest absolute Gasteiger partial charge is 0.478 e. The van der Waals surface area contributed by atoms with Crippen molar-refractivity contribution in [2.45, 2.75) is 243 Å². The monoisotopic (exact) mass is 1290 g/mol. The number of aryl methyl sites for hydroxylation is 4. The van der Waals surface area contributed by atoms with Crippen LogP contribution in [0.3, 0.4) is 0 Å². The van der Waals surface area contributed by atoms with Crippen LogP contribution in [0.4, 0.5) is 0 Å². The summed E-state index contributed by atoms with van der Waals surface area (Å²) in [6, 6.07) is 51.8. The van der Waals surface area contributed by atoms with Gasteiger partial charge < -0.3 is 9.47 Å². The first-order valence-corrected chi connectivity index (χ1v) is 36.7. The fourth-order valence-electron chi connectivity index (χ4n) is 11.3. The van der Waals surface area contributed by atoms with Crippen molar-refractivity contribution < 1.29 is 9.47 Å². The van der Waals surface area contributed by atoms with Gasteiger partial charge in [-0.15, -0.1) is 0 Å². The number of ether oxygens (including phenoxy) is 2. The maximum atomic E-state index is 5.66. The van der Waals surface area contributed by atoms with Gasteiger partial charge in [-0.2, -0.15) is 25.5 Å². The third-order valence-corrected chi connectivity index (χ3v) is 15.4. The second-order valence-electron chi connectivity index (χ2n) is 20.5. The minimum atomic E-state index is 0.748. The number of fused-ring (bicyclic) bond motifs is 5. The number of hydrogen-bond acceptors (Lipinski definition) is 7. The Labute approximate surface area is 576 Å². The highest BCUT2D eigenvalue weighted by Gasteiger charge is 2.24. The Morgan fingerprint density at radius 2 is 0.474 bits per heavy atom. The van der Waals surface area contributed by atoms with Crippen LogP contribution in [0.5, 0.6) is 11.8 Å². The molecule has 0 radical (unpaired) electrons. The zero-order chi connectivity index (χ0) is 70.7. The normalized spacial score (nSPS) is 12.1. The Bertz CT molecular complexity index is 3240. The minimum Gasteiger partial charge on any atom is -0.478 e. The Morgan fingerprint density at radius 1 is 0.242 bits per heavy atom. The number of nitrogens with zero attached hydrogens (tertiary/aromatic N) is 10. The maximum Gasteiger partial charge on any atom is 0.215 e. The highest BCUT2D eigenvalue weighted by Crippen LogP contribution is 2.35. The van der Waals surface area contributed by atoms with Gasteiger partial charge in [-0.25, -0.2) is 9.36 Å². The molecule has 5 aromatic carbocycles. The van der Waals surface area contributed by atoms with Crippen LogP contribution in [-0.2, 0) is 52.0 Å². The highest BCUT2D eigenvalue weighted by atomic mass is 16.5. The predicted molar refractivity (Wildman–Crippen MR) is 409 cm³/mol. The molecule has 0 saturated carbocycles. The van der Waals surface area contributed by atoms with Crippen LogP contribution in [0.2, 0.25) is 0 Å². The molecule has 0 saturated heterocycles. The molecule has 5 aliphatic heterocycles. The van der Waals surface area contributed by atoms with E-state index < -0.39 is 0 Å². The molecule has 15 rings (SSSR count). The molecule has 0 fully saturated rings. The summed E-state index contributed by atoms with van der Waals surface area (Å²) in [5.41, 5.74) is 22.2. The second-order valence-corrected chi connectivity index (χ2v) is 20.5. The fraction of sp³-hybridized carbons (Fsp3) is 0.458. The molecule has 0 bridgehead atoms. The summed E-state index contributed by atoms with van der Waals surface area (Å²) in [5, 5.41) is 23.3. The molecule has 5 aromatic heterocycles. The second kappa shape index (κ2) is 47.6. The lowest BCUT2D eigenvalue weighted by Crippen LogP contribution is -2.14. The Balaban J connectivity index is 0.000000381. The van der Waals surface area contributed by atoms with E-state index >= 15 is 0 Å². The fourth-order valence-corrected chi connectivity index (χ4v) is 11.3. The molecular formula is C83H124N10O2. The molecule has 10 heterocycles. The molecule has 0 amide bonds. The van der Waals surface area contributed by atoms with E-state index in [0.717, 1.165) is 115 Å². The van der Waals surface area contributed by atoms with Crippen molar-refractivity contribution in [1.29, 1.82) is 0 Å². The van der Waals surface area contributed by atoms with E-state index in [4.69, 9.17) is 14.6 Å². The van der Waals surface area contributed by atoms with Crippen molar-refractivity contribution in [3.63, 3.8) is 0 Å². The van der Waals surface area contributed by atoms with Crippen molar-refractivity contribution in [2.75, 3.05) is 13.2 Å². The van der Waals surface area contributed by atoms with E-state index in [-0.39, 0.29) is 0 Å². The summed E-state index contributed by atoms with van der Waals surface area (Å²) in [5.74, 6) is 1.86. The van der Waals surface area contributed by atoms with Crippen molar-refractivity contribution in [3.8, 4) is 68.0 Å². The van der Waals surface area contributed by atoms with Crippen LogP contribution in [0.15, 0.2) is 152 Å². The lowest BCUT2D eigenvalue weighted by molar-refractivity contribution is 0.229. The molecule has 12 nitrogen and oxygen atoms in total. The molecule has 0 unspecified atom stereocenters. The molecule has 95 heavy (non-hydrogen) atoms. The summed E-state index contributed by atoms with van der Waals surface area (Å²) >= 11 is 0. The predicted octanol–water partition coefficient (Wildman–Crippen LogP) is 22.9. The van der Waals surface area contributed by atoms with E-state index in [0.29, 0.717) is 0 Å². The Kier molecular flexibility index (Phi) is 41.5. The quantitative estimate of drug-likeness (QED) is 0.169. The molecular weight excluding hydrogens is 1170 g/mol. The van der Waals surface area contributed by atoms with Gasteiger partial charge in [-0.3, -0.25) is 14.0 Å². The van der Waals surface area contributed by atoms with Crippen LogP contribution < -0.4 is 9.47 Å². The van der Waals surface area contributed by atoms with Crippen LogP contribution >= 0.6 is 0 Å². The molecule has 0 N–H and O–H groups in total. The number of hydrogen-bond donors (Lipinski definition) is 0. The van der Waals surface area contributed by atoms with Crippen molar-refractivity contribution in [2.24, 2.45) is 0 Å². The highest BCUT2D eigenvalue weighted by molar-refractivity contribution is 5.68. The van der Waals surface area contributed by atoms with Gasteiger partial charge >= 0.3 is 0 Å². The molecule has 0 atom stereocenters. The van der Waals surface area contributed by atoms with Gasteiger partial charge in [0.25, 0.3) is 0 Å². The van der Waals surface area contributed by atoms with Gasteiger partial charge in [-0.05, 0) is 96.3 Å². The standard InChI is InChI=1S/C14H16N2.C13H14N2O.2C13H14N2.C12H12N2O.9C2H6/c1-11-13-9-5-6-10-16(13)15-14(11)12-7-3-2-4-8-12;1-10-12(11-6-3-2-4-7-11)14-15-8-5-9-16-13(10)15;2*1-10-12-8-5-9-15(12)14-13(10)11-6-3-2-4-7-11;1-9-11(10-5-3-2-4-6-10)13-14-7-8-15-12(9)14;9*1-2/h2-4,7-8H,5-6,9-10H2,1H3;2-4,6-7H,5,8-9H2,1H3;2*2-4,6-7H,5,8-9H2,1H3;2-6H,7-8H2,1H3;9*1-2H3. The van der Waals surface area contributed by atoms with Gasteiger partial charge in [0.15, 0.2) is 0 Å². The number of rotatable bonds is 5. The maximum absolute atomic E-state index is 5.66. The summed E-state index contributed by atoms with van der Waals surface area (Å²) in [6.07, 6.45) is 9.67. The van der Waals surface area contributed by atoms with Crippen molar-refractivity contribution >= 4 is 0 Å². The van der Waals surface area contributed by atoms with E-state index in [1.807, 2.05) is 183 Å². The smallest absolute Gasteiger partial charge is 0.215 e. The molecule has 518 valence electrons. The minimum absolute atomic E-state index is 0.748. The van der Waals surface area contributed by atoms with Crippen molar-refractivity contribution in [1.82, 2.24) is 48.9 Å². The SMILES string of the molecule is CC.CC.CC.CC.CC.CC.CC.CC.CC.Cc1c(-c2ccccc2)nn2c1CCC2.Cc1c(-c2ccccc2)nn2c1CCC2.Cc1c(-c2ccccc2)nn2c1CCCC2.Cc1c(-c2ccccc2)nn2c1OCC2.Cc1c(-c2ccccc2)nn2c1OCCC2. The van der Waals surface area contributed by atoms with E-state index in [1.165, 1.54) is 95.4 Å². The zero-order valence-electron chi connectivity index (χ0n) is 63.3. The summed E-state index contributed by atoms with van der Waals surface area (Å²) in [6.45, 7) is 53.4. The summed E-state index contributed by atoms with van der Waals surface area (Å²) < 4.78 is 21.6. The van der Waals surface area contributed by atoms with Gasteiger partial charge in [0, 0.05) is 88.6 Å². The Morgan fingerprint density at radius 3 is 0.747 bits per heavy atom. The topological polar surface area (TPSA) is 108 Å². The molecule has 5 aliphatic rings. The molecule has 10 aromatic rings.